The highest BCUT2D eigenvalue weighted by molar-refractivity contribution is 5.84. The molecule has 0 N–H and O–H groups in total. The Morgan fingerprint density at radius 2 is 1.88 bits per heavy atom. The quantitative estimate of drug-likeness (QED) is 0.707. The zero-order valence-corrected chi connectivity index (χ0v) is 11.1. The second-order valence-electron chi connectivity index (χ2n) is 4.54. The third kappa shape index (κ3) is 5.04. The summed E-state index contributed by atoms with van der Waals surface area (Å²) in [5.74, 6) is -0.672. The van der Waals surface area contributed by atoms with Crippen molar-refractivity contribution in [1.82, 2.24) is 9.96 Å². The lowest BCUT2D eigenvalue weighted by Crippen LogP contribution is -2.47. The van der Waals surface area contributed by atoms with Gasteiger partial charge < -0.3 is 4.74 Å². The molecule has 0 bridgehead atoms. The molecule has 1 unspecified atom stereocenters. The Hall–Kier alpha value is -1.30. The van der Waals surface area contributed by atoms with Crippen LogP contribution < -0.4 is 0 Å². The summed E-state index contributed by atoms with van der Waals surface area (Å²) in [6, 6.07) is -1.25. The average Bonchev–Trinajstić information content (AvgIpc) is 2.22. The van der Waals surface area contributed by atoms with E-state index in [1.165, 1.54) is 21.1 Å². The van der Waals surface area contributed by atoms with E-state index >= 15 is 0 Å². The minimum Gasteiger partial charge on any atom is -0.444 e. The minimum absolute atomic E-state index is 0.427. The van der Waals surface area contributed by atoms with Crippen LogP contribution in [0.4, 0.5) is 4.79 Å². The Morgan fingerprint density at radius 1 is 1.35 bits per heavy atom. The van der Waals surface area contributed by atoms with Crippen LogP contribution in [0.3, 0.4) is 0 Å². The third-order valence-corrected chi connectivity index (χ3v) is 1.92. The molecule has 0 aliphatic rings. The van der Waals surface area contributed by atoms with Crippen molar-refractivity contribution in [2.45, 2.75) is 39.3 Å². The van der Waals surface area contributed by atoms with Gasteiger partial charge in [-0.05, 0) is 27.7 Å². The zero-order chi connectivity index (χ0) is 16.3. The summed E-state index contributed by atoms with van der Waals surface area (Å²) in [5, 5.41) is 0.855. The normalized spacial score (nSPS) is 16.2. The number of hydrogen-bond acceptors (Lipinski definition) is 4. The molecule has 0 aromatic rings. The lowest BCUT2D eigenvalue weighted by Gasteiger charge is -2.29. The fourth-order valence-corrected chi connectivity index (χ4v) is 0.933. The molecule has 0 spiro atoms. The molecule has 0 rings (SSSR count). The number of amides is 2. The monoisotopic (exact) mass is 249 g/mol. The van der Waals surface area contributed by atoms with Crippen LogP contribution in [0.25, 0.3) is 0 Å². The predicted octanol–water partition coefficient (Wildman–Crippen LogP) is 1.26. The highest BCUT2D eigenvalue weighted by Crippen LogP contribution is 2.11. The van der Waals surface area contributed by atoms with E-state index in [0.717, 1.165) is 5.06 Å². The Bertz CT molecular complexity index is 366. The van der Waals surface area contributed by atoms with E-state index in [4.69, 9.17) is 13.7 Å². The van der Waals surface area contributed by atoms with E-state index in [1.54, 1.807) is 20.8 Å². The SMILES string of the molecule is [2H]C([2H])([2H])N(C(=O)OC(C)(C)C)C(C)C(=O)N(C)OC. The Kier molecular flexibility index (Phi) is 3.73. The van der Waals surface area contributed by atoms with Gasteiger partial charge in [-0.1, -0.05) is 0 Å². The lowest BCUT2D eigenvalue weighted by molar-refractivity contribution is -0.173. The van der Waals surface area contributed by atoms with Crippen molar-refractivity contribution in [3.8, 4) is 0 Å². The van der Waals surface area contributed by atoms with E-state index in [0.29, 0.717) is 4.90 Å². The van der Waals surface area contributed by atoms with Crippen LogP contribution >= 0.6 is 0 Å². The maximum Gasteiger partial charge on any atom is 0.410 e. The lowest BCUT2D eigenvalue weighted by atomic mass is 10.2. The summed E-state index contributed by atoms with van der Waals surface area (Å²) in [4.78, 5) is 29.1. The van der Waals surface area contributed by atoms with E-state index in [-0.39, 0.29) is 0 Å². The molecule has 1 atom stereocenters. The molecule has 0 aliphatic carbocycles. The number of hydroxylamine groups is 2. The summed E-state index contributed by atoms with van der Waals surface area (Å²) in [7, 11) is 2.59. The largest absolute Gasteiger partial charge is 0.444 e. The minimum atomic E-state index is -2.80. The van der Waals surface area contributed by atoms with Gasteiger partial charge in [-0.15, -0.1) is 0 Å². The molecular formula is C11H22N2O4. The highest BCUT2D eigenvalue weighted by Gasteiger charge is 2.28. The van der Waals surface area contributed by atoms with Gasteiger partial charge in [0.15, 0.2) is 0 Å². The first kappa shape index (κ1) is 10.8. The first-order chi connectivity index (χ1) is 8.81. The van der Waals surface area contributed by atoms with Crippen molar-refractivity contribution in [3.05, 3.63) is 0 Å². The van der Waals surface area contributed by atoms with Crippen LogP contribution in [-0.2, 0) is 14.4 Å². The molecule has 0 aliphatic heterocycles. The van der Waals surface area contributed by atoms with Gasteiger partial charge >= 0.3 is 6.09 Å². The predicted molar refractivity (Wildman–Crippen MR) is 63.2 cm³/mol. The Labute approximate surface area is 107 Å². The molecule has 17 heavy (non-hydrogen) atoms. The van der Waals surface area contributed by atoms with Crippen LogP contribution in [-0.4, -0.2) is 54.7 Å². The van der Waals surface area contributed by atoms with Gasteiger partial charge in [-0.25, -0.2) is 9.86 Å². The van der Waals surface area contributed by atoms with Crippen molar-refractivity contribution >= 4 is 12.0 Å². The second kappa shape index (κ2) is 5.86. The third-order valence-electron chi connectivity index (χ3n) is 1.92. The number of likely N-dealkylation sites (N-methyl/N-ethyl adjacent to an activating group) is 2. The van der Waals surface area contributed by atoms with Crippen LogP contribution in [0, 0.1) is 0 Å². The maximum atomic E-state index is 12.0. The first-order valence-corrected chi connectivity index (χ1v) is 5.15. The number of rotatable bonds is 3. The fraction of sp³-hybridized carbons (Fsp3) is 0.818. The molecule has 6 heteroatoms. The molecular weight excluding hydrogens is 224 g/mol. The van der Waals surface area contributed by atoms with E-state index in [9.17, 15) is 9.59 Å². The van der Waals surface area contributed by atoms with Crippen molar-refractivity contribution in [3.63, 3.8) is 0 Å². The summed E-state index contributed by atoms with van der Waals surface area (Å²) in [6.45, 7) is 3.32. The second-order valence-corrected chi connectivity index (χ2v) is 4.54. The van der Waals surface area contributed by atoms with Gasteiger partial charge in [0, 0.05) is 18.1 Å². The molecule has 0 saturated heterocycles. The molecule has 2 amide bonds. The molecule has 0 aromatic carbocycles. The smallest absolute Gasteiger partial charge is 0.410 e. The van der Waals surface area contributed by atoms with Gasteiger partial charge in [0.05, 0.1) is 7.11 Å². The van der Waals surface area contributed by atoms with Crippen LogP contribution in [0.15, 0.2) is 0 Å². The molecule has 0 heterocycles. The Balaban J connectivity index is 5.28. The first-order valence-electron chi connectivity index (χ1n) is 6.65. The van der Waals surface area contributed by atoms with Crippen LogP contribution in [0.5, 0.6) is 0 Å². The number of hydrogen-bond donors (Lipinski definition) is 0. The van der Waals surface area contributed by atoms with Crippen LogP contribution in [0.1, 0.15) is 31.8 Å². The van der Waals surface area contributed by atoms with Gasteiger partial charge in [0.1, 0.15) is 11.6 Å². The van der Waals surface area contributed by atoms with E-state index < -0.39 is 30.6 Å². The van der Waals surface area contributed by atoms with E-state index in [1.807, 2.05) is 0 Å². The number of carbonyl (C=O) groups is 2. The number of nitrogens with zero attached hydrogens (tertiary/aromatic N) is 2. The number of carbonyl (C=O) groups excluding carboxylic acids is 2. The highest BCUT2D eigenvalue weighted by atomic mass is 16.7. The molecule has 6 nitrogen and oxygen atoms in total. The Morgan fingerprint density at radius 3 is 2.24 bits per heavy atom. The van der Waals surface area contributed by atoms with Crippen LogP contribution in [0.2, 0.25) is 0 Å². The average molecular weight is 249 g/mol. The van der Waals surface area contributed by atoms with Gasteiger partial charge in [0.25, 0.3) is 5.91 Å². The summed E-state index contributed by atoms with van der Waals surface area (Å²) in [5.41, 5.74) is -0.865. The summed E-state index contributed by atoms with van der Waals surface area (Å²) >= 11 is 0. The van der Waals surface area contributed by atoms with Crippen molar-refractivity contribution in [1.29, 1.82) is 0 Å². The van der Waals surface area contributed by atoms with Gasteiger partial charge in [0.2, 0.25) is 0 Å². The zero-order valence-electron chi connectivity index (χ0n) is 14.1. The molecule has 0 aromatic heterocycles. The van der Waals surface area contributed by atoms with Gasteiger partial charge in [-0.2, -0.15) is 0 Å². The van der Waals surface area contributed by atoms with Gasteiger partial charge in [-0.3, -0.25) is 14.5 Å². The molecule has 0 saturated carbocycles. The van der Waals surface area contributed by atoms with Crippen molar-refractivity contribution < 1.29 is 23.3 Å². The topological polar surface area (TPSA) is 59.1 Å². The van der Waals surface area contributed by atoms with Crippen molar-refractivity contribution in [2.24, 2.45) is 0 Å². The van der Waals surface area contributed by atoms with Crippen molar-refractivity contribution in [2.75, 3.05) is 21.1 Å². The number of ether oxygens (including phenoxy) is 1. The summed E-state index contributed by atoms with van der Waals surface area (Å²) < 4.78 is 27.2. The standard InChI is InChI=1S/C11H22N2O4/c1-8(9(14)13(6)16-7)12(5)10(15)17-11(2,3)4/h8H,1-7H3/i5D3. The molecule has 100 valence electrons. The molecule has 0 radical (unpaired) electrons. The van der Waals surface area contributed by atoms with E-state index in [2.05, 4.69) is 0 Å². The maximum absolute atomic E-state index is 12.0. The molecule has 0 fully saturated rings. The summed E-state index contributed by atoms with van der Waals surface area (Å²) in [6.07, 6.45) is -1.08. The fourth-order valence-electron chi connectivity index (χ4n) is 0.933.